The van der Waals surface area contributed by atoms with Crippen molar-refractivity contribution in [3.05, 3.63) is 0 Å². The summed E-state index contributed by atoms with van der Waals surface area (Å²) in [6.45, 7) is 7.28. The van der Waals surface area contributed by atoms with Crippen LogP contribution < -0.4 is 11.1 Å². The second-order valence-corrected chi connectivity index (χ2v) is 3.20. The summed E-state index contributed by atoms with van der Waals surface area (Å²) in [5, 5.41) is 3.28. The summed E-state index contributed by atoms with van der Waals surface area (Å²) in [5.74, 6) is 0. The molecule has 0 amide bonds. The average Bonchev–Trinajstić information content (AvgIpc) is 2.09. The van der Waals surface area contributed by atoms with E-state index >= 15 is 0 Å². The van der Waals surface area contributed by atoms with Gasteiger partial charge in [0.15, 0.2) is 0 Å². The minimum atomic E-state index is 0.735. The molecular formula is C9H23N3. The summed E-state index contributed by atoms with van der Waals surface area (Å²) >= 11 is 0. The molecule has 0 heterocycles. The van der Waals surface area contributed by atoms with Crippen LogP contribution in [0, 0.1) is 0 Å². The van der Waals surface area contributed by atoms with Gasteiger partial charge >= 0.3 is 0 Å². The first kappa shape index (κ1) is 11.9. The molecule has 0 spiro atoms. The molecule has 74 valence electrons. The van der Waals surface area contributed by atoms with E-state index in [1.165, 1.54) is 19.4 Å². The van der Waals surface area contributed by atoms with E-state index < -0.39 is 0 Å². The molecule has 0 saturated carbocycles. The minimum Gasteiger partial charge on any atom is -0.329 e. The third-order valence-corrected chi connectivity index (χ3v) is 1.88. The Kier molecular flexibility index (Phi) is 8.88. The van der Waals surface area contributed by atoms with Crippen LogP contribution in [0.4, 0.5) is 0 Å². The van der Waals surface area contributed by atoms with Crippen LogP contribution in [0.15, 0.2) is 0 Å². The molecule has 3 heteroatoms. The van der Waals surface area contributed by atoms with E-state index in [2.05, 4.69) is 24.2 Å². The Morgan fingerprint density at radius 1 is 1.25 bits per heavy atom. The molecule has 0 aliphatic carbocycles. The van der Waals surface area contributed by atoms with Crippen molar-refractivity contribution in [3.63, 3.8) is 0 Å². The molecule has 0 atom stereocenters. The highest BCUT2D eigenvalue weighted by Crippen LogP contribution is 1.89. The number of rotatable bonds is 8. The number of unbranched alkanes of at least 4 members (excludes halogenated alkanes) is 1. The van der Waals surface area contributed by atoms with E-state index in [4.69, 9.17) is 5.73 Å². The third-order valence-electron chi connectivity index (χ3n) is 1.88. The number of hydrogen-bond acceptors (Lipinski definition) is 3. The highest BCUT2D eigenvalue weighted by molar-refractivity contribution is 4.54. The Bertz CT molecular complexity index is 85.8. The van der Waals surface area contributed by atoms with Gasteiger partial charge in [0.2, 0.25) is 0 Å². The summed E-state index contributed by atoms with van der Waals surface area (Å²) in [7, 11) is 2.17. The van der Waals surface area contributed by atoms with Crippen LogP contribution in [0.25, 0.3) is 0 Å². The van der Waals surface area contributed by atoms with Crippen molar-refractivity contribution >= 4 is 0 Å². The molecule has 0 aliphatic rings. The van der Waals surface area contributed by atoms with Gasteiger partial charge < -0.3 is 16.0 Å². The maximum Gasteiger partial charge on any atom is 0.0104 e. The van der Waals surface area contributed by atoms with Crippen molar-refractivity contribution in [3.8, 4) is 0 Å². The van der Waals surface area contributed by atoms with E-state index in [0.29, 0.717) is 0 Å². The quantitative estimate of drug-likeness (QED) is 0.518. The Morgan fingerprint density at radius 2 is 2.00 bits per heavy atom. The predicted molar refractivity (Wildman–Crippen MR) is 54.3 cm³/mol. The number of hydrogen-bond donors (Lipinski definition) is 2. The Morgan fingerprint density at radius 3 is 2.58 bits per heavy atom. The fraction of sp³-hybridized carbons (Fsp3) is 1.00. The van der Waals surface area contributed by atoms with E-state index in [1.807, 2.05) is 0 Å². The van der Waals surface area contributed by atoms with Gasteiger partial charge in [0.1, 0.15) is 0 Å². The molecule has 0 bridgehead atoms. The molecule has 12 heavy (non-hydrogen) atoms. The van der Waals surface area contributed by atoms with Crippen LogP contribution in [-0.4, -0.2) is 44.7 Å². The molecule has 0 rings (SSSR count). The van der Waals surface area contributed by atoms with E-state index in [9.17, 15) is 0 Å². The lowest BCUT2D eigenvalue weighted by Gasteiger charge is -2.15. The lowest BCUT2D eigenvalue weighted by Crippen LogP contribution is -2.32. The van der Waals surface area contributed by atoms with E-state index in [0.717, 1.165) is 26.2 Å². The zero-order valence-electron chi connectivity index (χ0n) is 8.47. The molecule has 0 unspecified atom stereocenters. The van der Waals surface area contributed by atoms with Crippen LogP contribution in [0.2, 0.25) is 0 Å². The number of nitrogens with zero attached hydrogens (tertiary/aromatic N) is 1. The van der Waals surface area contributed by atoms with Gasteiger partial charge in [-0.25, -0.2) is 0 Å². The van der Waals surface area contributed by atoms with Gasteiger partial charge in [-0.1, -0.05) is 13.3 Å². The highest BCUT2D eigenvalue weighted by atomic mass is 15.1. The smallest absolute Gasteiger partial charge is 0.0104 e. The molecule has 3 nitrogen and oxygen atoms in total. The molecule has 0 aromatic heterocycles. The van der Waals surface area contributed by atoms with Crippen molar-refractivity contribution in [1.82, 2.24) is 10.2 Å². The second-order valence-electron chi connectivity index (χ2n) is 3.20. The molecule has 3 N–H and O–H groups in total. The summed E-state index contributed by atoms with van der Waals surface area (Å²) < 4.78 is 0. The molecule has 0 aliphatic heterocycles. The fourth-order valence-corrected chi connectivity index (χ4v) is 1.04. The molecule has 0 fully saturated rings. The van der Waals surface area contributed by atoms with Crippen LogP contribution >= 0.6 is 0 Å². The van der Waals surface area contributed by atoms with Gasteiger partial charge in [-0.3, -0.25) is 0 Å². The van der Waals surface area contributed by atoms with Crippen molar-refractivity contribution in [1.29, 1.82) is 0 Å². The summed E-state index contributed by atoms with van der Waals surface area (Å²) in [5.41, 5.74) is 5.35. The molecule has 0 radical (unpaired) electrons. The van der Waals surface area contributed by atoms with Crippen molar-refractivity contribution in [2.24, 2.45) is 5.73 Å². The second kappa shape index (κ2) is 8.97. The Hall–Kier alpha value is -0.120. The molecule has 0 saturated heterocycles. The van der Waals surface area contributed by atoms with Gasteiger partial charge in [0.25, 0.3) is 0 Å². The molecule has 0 aromatic rings. The number of nitrogens with one attached hydrogen (secondary N) is 1. The van der Waals surface area contributed by atoms with Crippen LogP contribution in [0.5, 0.6) is 0 Å². The lowest BCUT2D eigenvalue weighted by molar-refractivity contribution is 0.326. The first-order chi connectivity index (χ1) is 5.81. The third kappa shape index (κ3) is 7.98. The molecular weight excluding hydrogens is 150 g/mol. The Balaban J connectivity index is 3.02. The number of likely N-dealkylation sites (N-methyl/N-ethyl adjacent to an activating group) is 1. The SMILES string of the molecule is CCCCN(C)CCNCCN. The molecule has 0 aromatic carbocycles. The van der Waals surface area contributed by atoms with Gasteiger partial charge in [-0.15, -0.1) is 0 Å². The van der Waals surface area contributed by atoms with Crippen LogP contribution in [0.3, 0.4) is 0 Å². The summed E-state index contributed by atoms with van der Waals surface area (Å²) in [4.78, 5) is 2.35. The maximum absolute atomic E-state index is 5.35. The van der Waals surface area contributed by atoms with Gasteiger partial charge in [-0.05, 0) is 20.0 Å². The van der Waals surface area contributed by atoms with Gasteiger partial charge in [0.05, 0.1) is 0 Å². The van der Waals surface area contributed by atoms with Crippen molar-refractivity contribution in [2.45, 2.75) is 19.8 Å². The normalized spacial score (nSPS) is 11.0. The van der Waals surface area contributed by atoms with Crippen molar-refractivity contribution < 1.29 is 0 Å². The first-order valence-electron chi connectivity index (χ1n) is 4.90. The first-order valence-corrected chi connectivity index (χ1v) is 4.90. The largest absolute Gasteiger partial charge is 0.329 e. The fourth-order valence-electron chi connectivity index (χ4n) is 1.04. The zero-order valence-corrected chi connectivity index (χ0v) is 8.47. The van der Waals surface area contributed by atoms with Crippen molar-refractivity contribution in [2.75, 3.05) is 39.8 Å². The van der Waals surface area contributed by atoms with E-state index in [1.54, 1.807) is 0 Å². The average molecular weight is 173 g/mol. The van der Waals surface area contributed by atoms with Gasteiger partial charge in [0, 0.05) is 26.2 Å². The number of nitrogens with two attached hydrogens (primary N) is 1. The zero-order chi connectivity index (χ0) is 9.23. The lowest BCUT2D eigenvalue weighted by atomic mass is 10.3. The van der Waals surface area contributed by atoms with E-state index in [-0.39, 0.29) is 0 Å². The topological polar surface area (TPSA) is 41.3 Å². The minimum absolute atomic E-state index is 0.735. The Labute approximate surface area is 76.3 Å². The maximum atomic E-state index is 5.35. The van der Waals surface area contributed by atoms with Crippen LogP contribution in [-0.2, 0) is 0 Å². The highest BCUT2D eigenvalue weighted by Gasteiger charge is 1.95. The summed E-state index contributed by atoms with van der Waals surface area (Å²) in [6.07, 6.45) is 2.58. The van der Waals surface area contributed by atoms with Crippen LogP contribution in [0.1, 0.15) is 19.8 Å². The summed E-state index contributed by atoms with van der Waals surface area (Å²) in [6, 6.07) is 0. The van der Waals surface area contributed by atoms with Gasteiger partial charge in [-0.2, -0.15) is 0 Å². The predicted octanol–water partition coefficient (Wildman–Crippen LogP) is 0.267. The standard InChI is InChI=1S/C9H23N3/c1-3-4-8-12(2)9-7-11-6-5-10/h11H,3-10H2,1-2H3. The monoisotopic (exact) mass is 173 g/mol.